The predicted octanol–water partition coefficient (Wildman–Crippen LogP) is 1.15. The van der Waals surface area contributed by atoms with Gasteiger partial charge in [0.25, 0.3) is 5.91 Å². The summed E-state index contributed by atoms with van der Waals surface area (Å²) in [7, 11) is 0. The molecule has 9 heteroatoms. The first-order chi connectivity index (χ1) is 10.7. The Hall–Kier alpha value is -2.68. The molecule has 112 valence electrons. The molecule has 1 aromatic carbocycles. The fourth-order valence-corrected chi connectivity index (χ4v) is 2.92. The molecule has 1 aliphatic heterocycles. The minimum atomic E-state index is -0.243. The van der Waals surface area contributed by atoms with E-state index in [-0.39, 0.29) is 12.7 Å². The van der Waals surface area contributed by atoms with Crippen LogP contribution in [0.25, 0.3) is 4.96 Å². The van der Waals surface area contributed by atoms with Gasteiger partial charge in [-0.25, -0.2) is 0 Å². The third-order valence-electron chi connectivity index (χ3n) is 3.23. The van der Waals surface area contributed by atoms with Gasteiger partial charge in [-0.15, -0.1) is 15.3 Å². The van der Waals surface area contributed by atoms with Crippen molar-refractivity contribution in [1.82, 2.24) is 25.1 Å². The number of carbonyl (C=O) groups excluding carboxylic acids is 1. The van der Waals surface area contributed by atoms with Crippen LogP contribution in [-0.2, 0) is 6.54 Å². The lowest BCUT2D eigenvalue weighted by Gasteiger charge is -2.04. The fraction of sp³-hybridized carbons (Fsp3) is 0.231. The van der Waals surface area contributed by atoms with Gasteiger partial charge in [0.05, 0.1) is 0 Å². The molecule has 0 aliphatic carbocycles. The summed E-state index contributed by atoms with van der Waals surface area (Å²) in [5, 5.41) is 15.2. The van der Waals surface area contributed by atoms with Crippen molar-refractivity contribution in [2.45, 2.75) is 13.5 Å². The van der Waals surface area contributed by atoms with Crippen LogP contribution in [0.4, 0.5) is 0 Å². The van der Waals surface area contributed by atoms with E-state index < -0.39 is 0 Å². The van der Waals surface area contributed by atoms with Crippen molar-refractivity contribution < 1.29 is 14.3 Å². The third-order valence-corrected chi connectivity index (χ3v) is 4.13. The summed E-state index contributed by atoms with van der Waals surface area (Å²) in [6.07, 6.45) is 0. The maximum Gasteiger partial charge on any atom is 0.282 e. The summed E-state index contributed by atoms with van der Waals surface area (Å²) in [5.74, 6) is 1.83. The lowest BCUT2D eigenvalue weighted by Crippen LogP contribution is -2.22. The number of amides is 1. The van der Waals surface area contributed by atoms with Crippen LogP contribution in [-0.4, -0.2) is 32.5 Å². The zero-order valence-electron chi connectivity index (χ0n) is 11.6. The van der Waals surface area contributed by atoms with Gasteiger partial charge in [-0.3, -0.25) is 4.79 Å². The van der Waals surface area contributed by atoms with Crippen LogP contribution < -0.4 is 14.8 Å². The first-order valence-electron chi connectivity index (χ1n) is 6.56. The van der Waals surface area contributed by atoms with Gasteiger partial charge in [-0.2, -0.15) is 4.52 Å². The minimum Gasteiger partial charge on any atom is -0.454 e. The van der Waals surface area contributed by atoms with Gasteiger partial charge in [0.1, 0.15) is 0 Å². The number of nitrogens with zero attached hydrogens (tertiary/aromatic N) is 4. The van der Waals surface area contributed by atoms with Crippen LogP contribution in [0.2, 0.25) is 0 Å². The summed E-state index contributed by atoms with van der Waals surface area (Å²) in [6.45, 7) is 2.40. The molecule has 0 atom stereocenters. The lowest BCUT2D eigenvalue weighted by molar-refractivity contribution is 0.0949. The molecule has 0 unspecified atom stereocenters. The van der Waals surface area contributed by atoms with Crippen molar-refractivity contribution in [3.05, 3.63) is 34.6 Å². The number of aryl methyl sites for hydroxylation is 1. The van der Waals surface area contributed by atoms with Crippen molar-refractivity contribution in [3.8, 4) is 11.5 Å². The van der Waals surface area contributed by atoms with E-state index in [1.807, 2.05) is 18.2 Å². The Labute approximate surface area is 128 Å². The van der Waals surface area contributed by atoms with E-state index in [4.69, 9.17) is 9.47 Å². The van der Waals surface area contributed by atoms with Crippen molar-refractivity contribution in [3.63, 3.8) is 0 Å². The van der Waals surface area contributed by atoms with E-state index in [9.17, 15) is 4.79 Å². The minimum absolute atomic E-state index is 0.234. The Balaban J connectivity index is 1.47. The van der Waals surface area contributed by atoms with E-state index in [1.54, 1.807) is 11.4 Å². The molecule has 0 bridgehead atoms. The highest BCUT2D eigenvalue weighted by Crippen LogP contribution is 2.32. The average molecular weight is 317 g/mol. The maximum absolute atomic E-state index is 12.1. The predicted molar refractivity (Wildman–Crippen MR) is 77.1 cm³/mol. The topological polar surface area (TPSA) is 90.6 Å². The van der Waals surface area contributed by atoms with Crippen molar-refractivity contribution in [1.29, 1.82) is 0 Å². The number of ether oxygens (including phenoxy) is 2. The second kappa shape index (κ2) is 4.95. The zero-order chi connectivity index (χ0) is 15.1. The van der Waals surface area contributed by atoms with Gasteiger partial charge in [0, 0.05) is 6.54 Å². The first kappa shape index (κ1) is 13.0. The number of nitrogens with one attached hydrogen (secondary N) is 1. The highest BCUT2D eigenvalue weighted by molar-refractivity contribution is 7.18. The van der Waals surface area contributed by atoms with Crippen LogP contribution in [0.5, 0.6) is 11.5 Å². The van der Waals surface area contributed by atoms with Crippen LogP contribution in [0.3, 0.4) is 0 Å². The van der Waals surface area contributed by atoms with Crippen molar-refractivity contribution >= 4 is 22.2 Å². The second-order valence-corrected chi connectivity index (χ2v) is 5.68. The molecule has 1 amide bonds. The Kier molecular flexibility index (Phi) is 2.93. The average Bonchev–Trinajstić information content (AvgIpc) is 3.21. The summed E-state index contributed by atoms with van der Waals surface area (Å²) in [5.41, 5.74) is 0.928. The summed E-state index contributed by atoms with van der Waals surface area (Å²) in [4.78, 5) is 12.8. The van der Waals surface area contributed by atoms with Gasteiger partial charge in [-0.05, 0) is 24.6 Å². The zero-order valence-corrected chi connectivity index (χ0v) is 12.4. The third kappa shape index (κ3) is 2.15. The fourth-order valence-electron chi connectivity index (χ4n) is 2.12. The Bertz CT molecular complexity index is 872. The standard InChI is InChI=1S/C13H11N5O3S/c1-7-15-16-13-18(7)17-12(22-13)11(19)14-5-8-2-3-9-10(4-8)21-6-20-9/h2-4H,5-6H2,1H3,(H,14,19). The molecule has 22 heavy (non-hydrogen) atoms. The summed E-state index contributed by atoms with van der Waals surface area (Å²) >= 11 is 1.20. The van der Waals surface area contributed by atoms with E-state index in [0.29, 0.717) is 28.1 Å². The molecule has 8 nitrogen and oxygen atoms in total. The Morgan fingerprint density at radius 1 is 1.36 bits per heavy atom. The van der Waals surface area contributed by atoms with Gasteiger partial charge in [0.2, 0.25) is 16.8 Å². The first-order valence-corrected chi connectivity index (χ1v) is 7.38. The SMILES string of the molecule is Cc1nnc2sc(C(=O)NCc3ccc4c(c3)OCO4)nn12. The monoisotopic (exact) mass is 317 g/mol. The largest absolute Gasteiger partial charge is 0.454 e. The van der Waals surface area contributed by atoms with Crippen molar-refractivity contribution in [2.24, 2.45) is 0 Å². The van der Waals surface area contributed by atoms with E-state index in [2.05, 4.69) is 20.6 Å². The number of rotatable bonds is 3. The van der Waals surface area contributed by atoms with Crippen LogP contribution in [0.15, 0.2) is 18.2 Å². The van der Waals surface area contributed by atoms with Gasteiger partial charge in [0.15, 0.2) is 17.3 Å². The van der Waals surface area contributed by atoms with Gasteiger partial charge < -0.3 is 14.8 Å². The molecule has 0 saturated heterocycles. The van der Waals surface area contributed by atoms with Crippen molar-refractivity contribution in [2.75, 3.05) is 6.79 Å². The molecular weight excluding hydrogens is 306 g/mol. The quantitative estimate of drug-likeness (QED) is 0.779. The molecule has 1 N–H and O–H groups in total. The molecule has 0 fully saturated rings. The summed E-state index contributed by atoms with van der Waals surface area (Å²) < 4.78 is 12.1. The molecule has 0 spiro atoms. The number of hydrogen-bond donors (Lipinski definition) is 1. The smallest absolute Gasteiger partial charge is 0.282 e. The number of benzene rings is 1. The molecular formula is C13H11N5O3S. The Morgan fingerprint density at radius 3 is 3.09 bits per heavy atom. The molecule has 2 aromatic heterocycles. The number of carbonyl (C=O) groups is 1. The maximum atomic E-state index is 12.1. The van der Waals surface area contributed by atoms with Crippen LogP contribution >= 0.6 is 11.3 Å². The van der Waals surface area contributed by atoms with Gasteiger partial charge >= 0.3 is 0 Å². The van der Waals surface area contributed by atoms with Gasteiger partial charge in [-0.1, -0.05) is 17.4 Å². The van der Waals surface area contributed by atoms with E-state index in [0.717, 1.165) is 11.3 Å². The number of fused-ring (bicyclic) bond motifs is 2. The highest BCUT2D eigenvalue weighted by atomic mass is 32.1. The summed E-state index contributed by atoms with van der Waals surface area (Å²) in [6, 6.07) is 5.57. The number of aromatic nitrogens is 4. The van der Waals surface area contributed by atoms with E-state index in [1.165, 1.54) is 11.3 Å². The normalized spacial score (nSPS) is 12.8. The molecule has 3 aromatic rings. The van der Waals surface area contributed by atoms with Crippen LogP contribution in [0, 0.1) is 6.92 Å². The lowest BCUT2D eigenvalue weighted by atomic mass is 10.2. The van der Waals surface area contributed by atoms with Crippen LogP contribution in [0.1, 0.15) is 21.2 Å². The molecule has 4 rings (SSSR count). The molecule has 3 heterocycles. The number of hydrogen-bond acceptors (Lipinski definition) is 7. The molecule has 1 aliphatic rings. The molecule has 0 radical (unpaired) electrons. The van der Waals surface area contributed by atoms with E-state index >= 15 is 0 Å². The molecule has 0 saturated carbocycles. The highest BCUT2D eigenvalue weighted by Gasteiger charge is 2.16. The second-order valence-electron chi connectivity index (χ2n) is 4.72. The Morgan fingerprint density at radius 2 is 2.23 bits per heavy atom.